The molecule has 0 saturated heterocycles. The van der Waals surface area contributed by atoms with Crippen molar-refractivity contribution in [2.24, 2.45) is 5.92 Å². The van der Waals surface area contributed by atoms with Gasteiger partial charge in [-0.25, -0.2) is 4.98 Å². The highest BCUT2D eigenvalue weighted by Crippen LogP contribution is 2.14. The lowest BCUT2D eigenvalue weighted by atomic mass is 10.2. The maximum Gasteiger partial charge on any atom is 0.229 e. The molecular formula is C10H15N3O. The van der Waals surface area contributed by atoms with Crippen LogP contribution >= 0.6 is 0 Å². The second kappa shape index (κ2) is 4.09. The third kappa shape index (κ3) is 2.22. The van der Waals surface area contributed by atoms with Crippen molar-refractivity contribution in [2.75, 3.05) is 17.7 Å². The minimum atomic E-state index is -0.0162. The third-order valence-corrected chi connectivity index (χ3v) is 1.98. The number of carbonyl (C=O) groups excluding carboxylic acids is 1. The Kier molecular flexibility index (Phi) is 3.06. The molecule has 2 N–H and O–H groups in total. The van der Waals surface area contributed by atoms with Crippen molar-refractivity contribution in [3.63, 3.8) is 0 Å². The van der Waals surface area contributed by atoms with Crippen LogP contribution in [0.1, 0.15) is 13.8 Å². The monoisotopic (exact) mass is 193 g/mol. The molecule has 1 amide bonds. The maximum absolute atomic E-state index is 11.6. The van der Waals surface area contributed by atoms with Crippen LogP contribution < -0.4 is 10.6 Å². The van der Waals surface area contributed by atoms with Gasteiger partial charge < -0.3 is 10.6 Å². The number of rotatable bonds is 2. The first-order valence-corrected chi connectivity index (χ1v) is 4.51. The van der Waals surface area contributed by atoms with E-state index >= 15 is 0 Å². The second-order valence-electron chi connectivity index (χ2n) is 3.49. The van der Waals surface area contributed by atoms with E-state index in [-0.39, 0.29) is 11.8 Å². The molecule has 0 aromatic carbocycles. The molecule has 0 spiro atoms. The summed E-state index contributed by atoms with van der Waals surface area (Å²) in [5, 5.41) is 0. The Morgan fingerprint density at radius 1 is 1.50 bits per heavy atom. The van der Waals surface area contributed by atoms with Crippen molar-refractivity contribution >= 4 is 17.4 Å². The smallest absolute Gasteiger partial charge is 0.229 e. The summed E-state index contributed by atoms with van der Waals surface area (Å²) in [5.41, 5.74) is 6.21. The summed E-state index contributed by atoms with van der Waals surface area (Å²) in [4.78, 5) is 17.1. The molecule has 0 aliphatic rings. The molecule has 4 heteroatoms. The van der Waals surface area contributed by atoms with Gasteiger partial charge in [0.05, 0.1) is 11.9 Å². The fourth-order valence-corrected chi connectivity index (χ4v) is 1.11. The van der Waals surface area contributed by atoms with Gasteiger partial charge in [0.1, 0.15) is 5.82 Å². The quantitative estimate of drug-likeness (QED) is 0.769. The standard InChI is InChI=1S/C10H15N3O/c1-7(2)10(14)13(3)8-4-5-9(11)12-6-8/h4-7H,1-3H3,(H2,11,12). The van der Waals surface area contributed by atoms with Gasteiger partial charge in [0.25, 0.3) is 0 Å². The molecule has 14 heavy (non-hydrogen) atoms. The third-order valence-electron chi connectivity index (χ3n) is 1.98. The lowest BCUT2D eigenvalue weighted by molar-refractivity contribution is -0.121. The van der Waals surface area contributed by atoms with Gasteiger partial charge in [-0.2, -0.15) is 0 Å². The van der Waals surface area contributed by atoms with Crippen LogP contribution in [0, 0.1) is 5.92 Å². The normalized spacial score (nSPS) is 10.3. The van der Waals surface area contributed by atoms with Gasteiger partial charge in [-0.05, 0) is 12.1 Å². The molecule has 0 aliphatic heterocycles. The molecule has 1 aromatic rings. The van der Waals surface area contributed by atoms with E-state index in [1.54, 1.807) is 30.3 Å². The van der Waals surface area contributed by atoms with Crippen molar-refractivity contribution in [1.29, 1.82) is 0 Å². The molecule has 4 nitrogen and oxygen atoms in total. The van der Waals surface area contributed by atoms with Gasteiger partial charge in [-0.3, -0.25) is 4.79 Å². The van der Waals surface area contributed by atoms with Gasteiger partial charge in [-0.15, -0.1) is 0 Å². The highest BCUT2D eigenvalue weighted by Gasteiger charge is 2.14. The average molecular weight is 193 g/mol. The summed E-state index contributed by atoms with van der Waals surface area (Å²) in [5.74, 6) is 0.508. The molecule has 0 fully saturated rings. The van der Waals surface area contributed by atoms with Crippen molar-refractivity contribution in [3.05, 3.63) is 18.3 Å². The fourth-order valence-electron chi connectivity index (χ4n) is 1.11. The summed E-state index contributed by atoms with van der Waals surface area (Å²) in [6, 6.07) is 3.46. The Labute approximate surface area is 83.7 Å². The Morgan fingerprint density at radius 3 is 2.57 bits per heavy atom. The molecule has 1 heterocycles. The molecule has 0 aliphatic carbocycles. The molecule has 76 valence electrons. The van der Waals surface area contributed by atoms with Crippen LogP contribution in [-0.2, 0) is 4.79 Å². The molecular weight excluding hydrogens is 178 g/mol. The highest BCUT2D eigenvalue weighted by atomic mass is 16.2. The van der Waals surface area contributed by atoms with E-state index in [1.165, 1.54) is 0 Å². The largest absolute Gasteiger partial charge is 0.384 e. The number of anilines is 2. The van der Waals surface area contributed by atoms with Gasteiger partial charge in [0, 0.05) is 13.0 Å². The van der Waals surface area contributed by atoms with Crippen molar-refractivity contribution in [3.8, 4) is 0 Å². The Hall–Kier alpha value is -1.58. The molecule has 0 atom stereocenters. The van der Waals surface area contributed by atoms with Crippen LogP contribution in [0.3, 0.4) is 0 Å². The van der Waals surface area contributed by atoms with Gasteiger partial charge >= 0.3 is 0 Å². The summed E-state index contributed by atoms with van der Waals surface area (Å²) in [6.07, 6.45) is 1.59. The first-order chi connectivity index (χ1) is 6.52. The van der Waals surface area contributed by atoms with Gasteiger partial charge in [-0.1, -0.05) is 13.8 Å². The van der Waals surface area contributed by atoms with E-state index in [0.29, 0.717) is 5.82 Å². The average Bonchev–Trinajstić information content (AvgIpc) is 2.16. The number of nitrogen functional groups attached to an aromatic ring is 1. The number of amides is 1. The Bertz CT molecular complexity index is 319. The zero-order chi connectivity index (χ0) is 10.7. The predicted octanol–water partition coefficient (Wildman–Crippen LogP) is 1.28. The summed E-state index contributed by atoms with van der Waals surface area (Å²) >= 11 is 0. The number of hydrogen-bond donors (Lipinski definition) is 1. The van der Waals surface area contributed by atoms with Crippen molar-refractivity contribution in [1.82, 2.24) is 4.98 Å². The van der Waals surface area contributed by atoms with Crippen LogP contribution in [0.25, 0.3) is 0 Å². The van der Waals surface area contributed by atoms with Gasteiger partial charge in [0.2, 0.25) is 5.91 Å². The molecule has 0 bridgehead atoms. The predicted molar refractivity (Wildman–Crippen MR) is 56.9 cm³/mol. The molecule has 1 rings (SSSR count). The first-order valence-electron chi connectivity index (χ1n) is 4.51. The minimum absolute atomic E-state index is 0.0162. The lowest BCUT2D eigenvalue weighted by Crippen LogP contribution is -2.30. The zero-order valence-electron chi connectivity index (χ0n) is 8.69. The molecule has 0 saturated carbocycles. The molecule has 0 radical (unpaired) electrons. The van der Waals surface area contributed by atoms with E-state index in [1.807, 2.05) is 13.8 Å². The number of nitrogens with two attached hydrogens (primary N) is 1. The van der Waals surface area contributed by atoms with Crippen LogP contribution in [-0.4, -0.2) is 17.9 Å². The van der Waals surface area contributed by atoms with Crippen LogP contribution in [0.4, 0.5) is 11.5 Å². The van der Waals surface area contributed by atoms with E-state index in [4.69, 9.17) is 5.73 Å². The number of pyridine rings is 1. The van der Waals surface area contributed by atoms with E-state index in [0.717, 1.165) is 5.69 Å². The van der Waals surface area contributed by atoms with Gasteiger partial charge in [0.15, 0.2) is 0 Å². The van der Waals surface area contributed by atoms with E-state index in [9.17, 15) is 4.79 Å². The summed E-state index contributed by atoms with van der Waals surface area (Å²) in [7, 11) is 1.73. The Balaban J connectivity index is 2.84. The number of carbonyl (C=O) groups is 1. The topological polar surface area (TPSA) is 59.2 Å². The SMILES string of the molecule is CC(C)C(=O)N(C)c1ccc(N)nc1. The summed E-state index contributed by atoms with van der Waals surface area (Å²) < 4.78 is 0. The second-order valence-corrected chi connectivity index (χ2v) is 3.49. The first kappa shape index (κ1) is 10.5. The minimum Gasteiger partial charge on any atom is -0.384 e. The fraction of sp³-hybridized carbons (Fsp3) is 0.400. The zero-order valence-corrected chi connectivity index (χ0v) is 8.69. The van der Waals surface area contributed by atoms with E-state index < -0.39 is 0 Å². The van der Waals surface area contributed by atoms with Crippen LogP contribution in [0.5, 0.6) is 0 Å². The van der Waals surface area contributed by atoms with E-state index in [2.05, 4.69) is 4.98 Å². The number of aromatic nitrogens is 1. The lowest BCUT2D eigenvalue weighted by Gasteiger charge is -2.18. The van der Waals surface area contributed by atoms with Crippen LogP contribution in [0.15, 0.2) is 18.3 Å². The Morgan fingerprint density at radius 2 is 2.14 bits per heavy atom. The van der Waals surface area contributed by atoms with Crippen LogP contribution in [0.2, 0.25) is 0 Å². The van der Waals surface area contributed by atoms with Crippen molar-refractivity contribution in [2.45, 2.75) is 13.8 Å². The highest BCUT2D eigenvalue weighted by molar-refractivity contribution is 5.93. The number of hydrogen-bond acceptors (Lipinski definition) is 3. The summed E-state index contributed by atoms with van der Waals surface area (Å²) in [6.45, 7) is 3.73. The number of nitrogens with zero attached hydrogens (tertiary/aromatic N) is 2. The molecule has 0 unspecified atom stereocenters. The van der Waals surface area contributed by atoms with Crippen molar-refractivity contribution < 1.29 is 4.79 Å². The maximum atomic E-state index is 11.6. The molecule has 1 aromatic heterocycles.